The second kappa shape index (κ2) is 5.21. The van der Waals surface area contributed by atoms with Crippen molar-refractivity contribution in [3.63, 3.8) is 0 Å². The normalized spacial score (nSPS) is 13.6. The van der Waals surface area contributed by atoms with Crippen LogP contribution in [0.2, 0.25) is 0 Å². The highest BCUT2D eigenvalue weighted by Crippen LogP contribution is 2.28. The minimum Gasteiger partial charge on any atom is -0.353 e. The number of anilines is 1. The molecule has 0 N–H and O–H groups in total. The monoisotopic (exact) mass is 233 g/mol. The van der Waals surface area contributed by atoms with Gasteiger partial charge in [-0.15, -0.1) is 0 Å². The van der Waals surface area contributed by atoms with Gasteiger partial charge in [0.05, 0.1) is 0 Å². The summed E-state index contributed by atoms with van der Waals surface area (Å²) in [5, 5.41) is 0. The van der Waals surface area contributed by atoms with E-state index in [2.05, 4.69) is 4.74 Å². The minimum atomic E-state index is -4.40. The third kappa shape index (κ3) is 2.88. The number of ether oxygens (including phenoxy) is 1. The quantitative estimate of drug-likeness (QED) is 0.741. The zero-order valence-corrected chi connectivity index (χ0v) is 9.16. The molecule has 1 aromatic rings. The predicted molar refractivity (Wildman–Crippen MR) is 56.3 cm³/mol. The number of benzene rings is 1. The summed E-state index contributed by atoms with van der Waals surface area (Å²) in [5.74, 6) is 0. The molecule has 1 unspecified atom stereocenters. The van der Waals surface area contributed by atoms with Crippen LogP contribution in [0.25, 0.3) is 0 Å². The van der Waals surface area contributed by atoms with Gasteiger partial charge in [0, 0.05) is 19.3 Å². The first-order chi connectivity index (χ1) is 7.50. The highest BCUT2D eigenvalue weighted by molar-refractivity contribution is 5.46. The van der Waals surface area contributed by atoms with Gasteiger partial charge in [-0.3, -0.25) is 0 Å². The standard InChI is InChI=1S/C11H14F3NO/c1-3-15(9-7-5-4-6-8-9)10(16-2)11(12,13)14/h4-8,10H,3H2,1-2H3. The Bertz CT molecular complexity index is 313. The second-order valence-electron chi connectivity index (χ2n) is 3.25. The molecular weight excluding hydrogens is 219 g/mol. The zero-order valence-electron chi connectivity index (χ0n) is 9.16. The number of hydrogen-bond acceptors (Lipinski definition) is 2. The topological polar surface area (TPSA) is 12.5 Å². The second-order valence-corrected chi connectivity index (χ2v) is 3.25. The Balaban J connectivity index is 2.97. The van der Waals surface area contributed by atoms with Gasteiger partial charge in [-0.1, -0.05) is 18.2 Å². The Hall–Kier alpha value is -1.23. The molecule has 0 aliphatic carbocycles. The lowest BCUT2D eigenvalue weighted by Gasteiger charge is -2.32. The van der Waals surface area contributed by atoms with Crippen molar-refractivity contribution < 1.29 is 17.9 Å². The van der Waals surface area contributed by atoms with Crippen molar-refractivity contribution >= 4 is 5.69 Å². The van der Waals surface area contributed by atoms with E-state index >= 15 is 0 Å². The molecule has 16 heavy (non-hydrogen) atoms. The molecule has 2 nitrogen and oxygen atoms in total. The molecule has 1 atom stereocenters. The van der Waals surface area contributed by atoms with E-state index in [4.69, 9.17) is 0 Å². The third-order valence-corrected chi connectivity index (χ3v) is 2.21. The maximum Gasteiger partial charge on any atom is 0.433 e. The Morgan fingerprint density at radius 1 is 1.25 bits per heavy atom. The first kappa shape index (κ1) is 12.8. The Labute approximate surface area is 92.6 Å². The molecule has 0 heterocycles. The summed E-state index contributed by atoms with van der Waals surface area (Å²) >= 11 is 0. The number of nitrogens with zero attached hydrogens (tertiary/aromatic N) is 1. The predicted octanol–water partition coefficient (Wildman–Crippen LogP) is 3.05. The van der Waals surface area contributed by atoms with E-state index in [1.54, 1.807) is 37.3 Å². The maximum atomic E-state index is 12.7. The van der Waals surface area contributed by atoms with Crippen molar-refractivity contribution in [1.29, 1.82) is 0 Å². The van der Waals surface area contributed by atoms with Crippen molar-refractivity contribution in [2.24, 2.45) is 0 Å². The Morgan fingerprint density at radius 2 is 1.81 bits per heavy atom. The van der Waals surface area contributed by atoms with E-state index < -0.39 is 12.4 Å². The highest BCUT2D eigenvalue weighted by atomic mass is 19.4. The number of alkyl halides is 3. The van der Waals surface area contributed by atoms with Crippen LogP contribution in [-0.2, 0) is 4.74 Å². The molecule has 0 aliphatic heterocycles. The van der Waals surface area contributed by atoms with Crippen molar-refractivity contribution in [2.75, 3.05) is 18.6 Å². The van der Waals surface area contributed by atoms with E-state index in [-0.39, 0.29) is 6.54 Å². The molecule has 0 fully saturated rings. The highest BCUT2D eigenvalue weighted by Gasteiger charge is 2.43. The molecule has 0 saturated heterocycles. The van der Waals surface area contributed by atoms with Crippen LogP contribution in [0, 0.1) is 0 Å². The van der Waals surface area contributed by atoms with Crippen LogP contribution in [0.4, 0.5) is 18.9 Å². The minimum absolute atomic E-state index is 0.224. The Morgan fingerprint density at radius 3 is 2.19 bits per heavy atom. The summed E-state index contributed by atoms with van der Waals surface area (Å²) in [6.07, 6.45) is -6.31. The van der Waals surface area contributed by atoms with Gasteiger partial charge >= 0.3 is 6.18 Å². The fraction of sp³-hybridized carbons (Fsp3) is 0.455. The SMILES string of the molecule is CCN(c1ccccc1)C(OC)C(F)(F)F. The lowest BCUT2D eigenvalue weighted by atomic mass is 10.2. The van der Waals surface area contributed by atoms with Crippen LogP contribution in [-0.4, -0.2) is 26.1 Å². The summed E-state index contributed by atoms with van der Waals surface area (Å²) in [6.45, 7) is 1.88. The van der Waals surface area contributed by atoms with Crippen LogP contribution in [0.3, 0.4) is 0 Å². The average Bonchev–Trinajstić information content (AvgIpc) is 2.25. The summed E-state index contributed by atoms with van der Waals surface area (Å²) in [7, 11) is 1.06. The Kier molecular flexibility index (Phi) is 4.18. The first-order valence-electron chi connectivity index (χ1n) is 4.92. The van der Waals surface area contributed by atoms with Gasteiger partial charge in [-0.05, 0) is 19.1 Å². The van der Waals surface area contributed by atoms with Crippen molar-refractivity contribution in [1.82, 2.24) is 0 Å². The van der Waals surface area contributed by atoms with Gasteiger partial charge < -0.3 is 9.64 Å². The number of hydrogen-bond donors (Lipinski definition) is 0. The number of methoxy groups -OCH3 is 1. The number of rotatable bonds is 4. The van der Waals surface area contributed by atoms with Crippen LogP contribution in [0.1, 0.15) is 6.92 Å². The van der Waals surface area contributed by atoms with Crippen LogP contribution >= 0.6 is 0 Å². The summed E-state index contributed by atoms with van der Waals surface area (Å²) < 4.78 is 42.6. The van der Waals surface area contributed by atoms with E-state index in [0.29, 0.717) is 5.69 Å². The van der Waals surface area contributed by atoms with E-state index in [1.165, 1.54) is 4.90 Å². The molecule has 0 bridgehead atoms. The van der Waals surface area contributed by atoms with Crippen LogP contribution in [0.15, 0.2) is 30.3 Å². The first-order valence-corrected chi connectivity index (χ1v) is 4.92. The van der Waals surface area contributed by atoms with Gasteiger partial charge in [-0.2, -0.15) is 13.2 Å². The lowest BCUT2D eigenvalue weighted by Crippen LogP contribution is -2.47. The molecule has 5 heteroatoms. The molecule has 1 rings (SSSR count). The zero-order chi connectivity index (χ0) is 12.2. The number of halogens is 3. The molecule has 0 aromatic heterocycles. The van der Waals surface area contributed by atoms with Gasteiger partial charge in [0.2, 0.25) is 6.23 Å². The van der Waals surface area contributed by atoms with Crippen LogP contribution in [0.5, 0.6) is 0 Å². The molecule has 0 saturated carbocycles. The largest absolute Gasteiger partial charge is 0.433 e. The summed E-state index contributed by atoms with van der Waals surface area (Å²) in [4.78, 5) is 1.17. The molecule has 1 aromatic carbocycles. The van der Waals surface area contributed by atoms with Gasteiger partial charge in [0.15, 0.2) is 0 Å². The molecule has 0 aliphatic rings. The van der Waals surface area contributed by atoms with Gasteiger partial charge in [0.25, 0.3) is 0 Å². The van der Waals surface area contributed by atoms with E-state index in [0.717, 1.165) is 7.11 Å². The third-order valence-electron chi connectivity index (χ3n) is 2.21. The summed E-state index contributed by atoms with van der Waals surface area (Å²) in [5.41, 5.74) is 0.495. The molecule has 0 amide bonds. The average molecular weight is 233 g/mol. The molecule has 90 valence electrons. The fourth-order valence-electron chi connectivity index (χ4n) is 1.54. The smallest absolute Gasteiger partial charge is 0.353 e. The summed E-state index contributed by atoms with van der Waals surface area (Å²) in [6, 6.07) is 8.40. The fourth-order valence-corrected chi connectivity index (χ4v) is 1.54. The van der Waals surface area contributed by atoms with Gasteiger partial charge in [-0.25, -0.2) is 0 Å². The molecule has 0 spiro atoms. The maximum absolute atomic E-state index is 12.7. The molecule has 0 radical (unpaired) electrons. The van der Waals surface area contributed by atoms with Crippen molar-refractivity contribution in [3.8, 4) is 0 Å². The molecular formula is C11H14F3NO. The van der Waals surface area contributed by atoms with Crippen molar-refractivity contribution in [3.05, 3.63) is 30.3 Å². The lowest BCUT2D eigenvalue weighted by molar-refractivity contribution is -0.212. The number of para-hydroxylation sites is 1. The van der Waals surface area contributed by atoms with Gasteiger partial charge in [0.1, 0.15) is 0 Å². The van der Waals surface area contributed by atoms with E-state index in [1.807, 2.05) is 0 Å². The van der Waals surface area contributed by atoms with Crippen LogP contribution < -0.4 is 4.90 Å². The van der Waals surface area contributed by atoms with E-state index in [9.17, 15) is 13.2 Å². The van der Waals surface area contributed by atoms with Crippen molar-refractivity contribution in [2.45, 2.75) is 19.3 Å².